The number of nitrogens with zero attached hydrogens (tertiary/aromatic N) is 2. The van der Waals surface area contributed by atoms with E-state index in [1.807, 2.05) is 0 Å². The number of alkyl halides is 2. The highest BCUT2D eigenvalue weighted by Gasteiger charge is 2.78. The Bertz CT molecular complexity index is 3510. The molecule has 21 nitrogen and oxygen atoms in total. The number of esters is 3. The van der Waals surface area contributed by atoms with Gasteiger partial charge in [-0.2, -0.15) is 5.10 Å². The number of aliphatic hydroxyl groups is 4. The first kappa shape index (κ1) is 63.5. The number of ketones is 1. The van der Waals surface area contributed by atoms with Gasteiger partial charge in [0.1, 0.15) is 41.3 Å². The standard InChI is InChI=1S/C43H53NO14.C17H14F3N3O3S/c1-22-26(55-37(51)32(48)30(24-15-11-9-12-16-24)44-38(52)58-39(3,4)5)20-43(53)35(56-36(50)25-17-13-10-14-18-25)33-41(8,34(49)31(47)29(22)40(43,6)7)27(46)19-28-42(33,21-54-28)57-23(2)45;1-26-16-7-2-10(8-13(16)18)15-9-14(17(19)20)22-23(15)11-3-5-12(6-4-11)27(21,24)25/h9-18,26-28,30-33,35,46-48,53H,19-21H2,1-8H3,(H,44,52);2-9,17H,1H3,(H2,21,24,25)/t26-,27-,28+,30-,31+,32?,33-,35-,41+,42-,43+;/m0./s1. The molecule has 4 aliphatic rings. The van der Waals surface area contributed by atoms with E-state index >= 15 is 0 Å². The lowest BCUT2D eigenvalue weighted by atomic mass is 9.44. The summed E-state index contributed by atoms with van der Waals surface area (Å²) < 4.78 is 98.6. The SMILES string of the molecule is CC(=O)O[C@@]12CO[C@@H]1C[C@H](O)[C@@]1(C)C(=O)[C@H](O)C3=C(C)[C@@H](OC(=O)C(O)[C@@H](NC(=O)OC(C)(C)C)c4ccccc4)C[C@@](O)([C@@H](OC(=O)c4ccccc4)[C@H]21)C3(C)C.COc1ccc(-c2cc(C(F)F)nn2-c2ccc(S(N)(=O)=O)cc2)cc1F. The van der Waals surface area contributed by atoms with Gasteiger partial charge in [0.15, 0.2) is 29.1 Å². The zero-order valence-corrected chi connectivity index (χ0v) is 48.6. The van der Waals surface area contributed by atoms with E-state index in [1.54, 1.807) is 83.1 Å². The second-order valence-electron chi connectivity index (χ2n) is 23.1. The summed E-state index contributed by atoms with van der Waals surface area (Å²) >= 11 is 0. The molecule has 7 N–H and O–H groups in total. The lowest BCUT2D eigenvalue weighted by Gasteiger charge is -2.67. The maximum atomic E-state index is 14.9. The monoisotopic (exact) mass is 1200 g/mol. The minimum atomic E-state index is -3.90. The Hall–Kier alpha value is -7.52. The number of methoxy groups -OCH3 is 1. The van der Waals surface area contributed by atoms with E-state index in [2.05, 4.69) is 10.4 Å². The number of aliphatic hydroxyl groups excluding tert-OH is 3. The summed E-state index contributed by atoms with van der Waals surface area (Å²) in [5.41, 5.74) is -7.83. The van der Waals surface area contributed by atoms with E-state index in [1.165, 1.54) is 74.2 Å². The van der Waals surface area contributed by atoms with Crippen LogP contribution in [0.15, 0.2) is 125 Å². The number of Topliss-reactive ketones (excluding diaryl/α,β-unsaturated/α-hetero) is 1. The molecule has 4 aromatic carbocycles. The fourth-order valence-electron chi connectivity index (χ4n) is 12.1. The molecule has 0 radical (unpaired) electrons. The van der Waals surface area contributed by atoms with Crippen LogP contribution in [0, 0.1) is 22.6 Å². The number of aromatic nitrogens is 2. The van der Waals surface area contributed by atoms with Crippen LogP contribution in [0.2, 0.25) is 0 Å². The van der Waals surface area contributed by atoms with Crippen molar-refractivity contribution in [1.82, 2.24) is 15.1 Å². The molecular formula is C60H67F3N4O17S. The number of benzene rings is 4. The van der Waals surface area contributed by atoms with E-state index in [4.69, 9.17) is 33.6 Å². The zero-order chi connectivity index (χ0) is 62.5. The quantitative estimate of drug-likeness (QED) is 0.0414. The third-order valence-corrected chi connectivity index (χ3v) is 17.3. The van der Waals surface area contributed by atoms with Gasteiger partial charge in [-0.05, 0) is 112 Å². The van der Waals surface area contributed by atoms with Gasteiger partial charge in [0.25, 0.3) is 6.43 Å². The van der Waals surface area contributed by atoms with Crippen molar-refractivity contribution in [2.24, 2.45) is 21.9 Å². The molecule has 1 amide bonds. The van der Waals surface area contributed by atoms with Gasteiger partial charge in [-0.15, -0.1) is 0 Å². The van der Waals surface area contributed by atoms with Crippen LogP contribution < -0.4 is 15.2 Å². The molecule has 9 rings (SSSR count). The Balaban J connectivity index is 0.000000290. The molecule has 456 valence electrons. The summed E-state index contributed by atoms with van der Waals surface area (Å²) in [4.78, 5) is 68.8. The molecule has 0 spiro atoms. The second kappa shape index (κ2) is 23.7. The predicted molar refractivity (Wildman–Crippen MR) is 295 cm³/mol. The third-order valence-electron chi connectivity index (χ3n) is 16.4. The number of rotatable bonds is 13. The number of carbonyl (C=O) groups is 5. The largest absolute Gasteiger partial charge is 0.494 e. The summed E-state index contributed by atoms with van der Waals surface area (Å²) in [6, 6.07) is 25.0. The van der Waals surface area contributed by atoms with Crippen LogP contribution in [-0.4, -0.2) is 136 Å². The maximum Gasteiger partial charge on any atom is 0.408 e. The molecule has 3 fully saturated rings. The van der Waals surface area contributed by atoms with Crippen LogP contribution in [0.25, 0.3) is 16.9 Å². The van der Waals surface area contributed by atoms with E-state index in [9.17, 15) is 66.0 Å². The number of fused-ring (bicyclic) bond motifs is 5. The average Bonchev–Trinajstić information content (AvgIpc) is 1.06. The van der Waals surface area contributed by atoms with Crippen LogP contribution in [-0.2, 0) is 48.1 Å². The Morgan fingerprint density at radius 2 is 1.54 bits per heavy atom. The number of amides is 1. The molecule has 3 aliphatic carbocycles. The molecule has 1 aromatic heterocycles. The summed E-state index contributed by atoms with van der Waals surface area (Å²) in [5, 5.41) is 60.5. The molecule has 25 heteroatoms. The number of nitrogens with one attached hydrogen (secondary N) is 1. The molecule has 1 saturated heterocycles. The third kappa shape index (κ3) is 12.1. The van der Waals surface area contributed by atoms with Gasteiger partial charge in [0, 0.05) is 30.7 Å². The van der Waals surface area contributed by atoms with Gasteiger partial charge in [0.05, 0.1) is 59.0 Å². The van der Waals surface area contributed by atoms with Gasteiger partial charge in [-0.1, -0.05) is 62.4 Å². The molecule has 1 aliphatic heterocycles. The van der Waals surface area contributed by atoms with E-state index in [0.717, 1.165) is 19.1 Å². The highest BCUT2D eigenvalue weighted by molar-refractivity contribution is 7.89. The smallest absolute Gasteiger partial charge is 0.408 e. The fourth-order valence-corrected chi connectivity index (χ4v) is 12.6. The number of nitrogens with two attached hydrogens (primary N) is 1. The Morgan fingerprint density at radius 3 is 2.08 bits per heavy atom. The summed E-state index contributed by atoms with van der Waals surface area (Å²) in [5.74, 6) is -6.01. The maximum absolute atomic E-state index is 14.9. The normalized spacial score (nSPS) is 26.7. The second-order valence-corrected chi connectivity index (χ2v) is 24.7. The van der Waals surface area contributed by atoms with Crippen LogP contribution >= 0.6 is 0 Å². The van der Waals surface area contributed by atoms with Crippen molar-refractivity contribution in [3.8, 4) is 22.7 Å². The number of hydrogen-bond acceptors (Lipinski definition) is 18. The van der Waals surface area contributed by atoms with Gasteiger partial charge >= 0.3 is 24.0 Å². The molecule has 85 heavy (non-hydrogen) atoms. The molecule has 2 saturated carbocycles. The van der Waals surface area contributed by atoms with Crippen molar-refractivity contribution in [2.45, 2.75) is 139 Å². The predicted octanol–water partition coefficient (Wildman–Crippen LogP) is 6.53. The average molecular weight is 1210 g/mol. The van der Waals surface area contributed by atoms with Gasteiger partial charge in [-0.25, -0.2) is 45.8 Å². The van der Waals surface area contributed by atoms with Crippen LogP contribution in [0.1, 0.15) is 102 Å². The zero-order valence-electron chi connectivity index (χ0n) is 47.8. The van der Waals surface area contributed by atoms with Crippen LogP contribution in [0.4, 0.5) is 18.0 Å². The van der Waals surface area contributed by atoms with E-state index < -0.39 is 140 Å². The summed E-state index contributed by atoms with van der Waals surface area (Å²) in [6.07, 6.45) is -14.3. The van der Waals surface area contributed by atoms with Gasteiger partial charge in [-0.3, -0.25) is 9.59 Å². The van der Waals surface area contributed by atoms with E-state index in [-0.39, 0.29) is 46.1 Å². The van der Waals surface area contributed by atoms with Crippen molar-refractivity contribution in [3.05, 3.63) is 143 Å². The minimum absolute atomic E-state index is 0.0106. The first-order valence-electron chi connectivity index (χ1n) is 26.9. The highest BCUT2D eigenvalue weighted by atomic mass is 32.2. The molecule has 2 heterocycles. The number of sulfonamides is 1. The summed E-state index contributed by atoms with van der Waals surface area (Å²) in [7, 11) is -2.59. The number of hydrogen-bond donors (Lipinski definition) is 6. The lowest BCUT2D eigenvalue weighted by Crippen LogP contribution is -2.81. The number of primary sulfonamides is 1. The van der Waals surface area contributed by atoms with Crippen molar-refractivity contribution in [1.29, 1.82) is 0 Å². The topological polar surface area (TPSA) is 312 Å². The Kier molecular flexibility index (Phi) is 17.7. The van der Waals surface area contributed by atoms with Crippen molar-refractivity contribution < 1.29 is 94.4 Å². The molecular weight excluding hydrogens is 1140 g/mol. The number of ether oxygens (including phenoxy) is 6. The minimum Gasteiger partial charge on any atom is -0.494 e. The fraction of sp³-hybridized carbons (Fsp3) is 0.433. The molecule has 5 aromatic rings. The molecule has 2 bridgehead atoms. The number of alkyl carbamates (subject to hydrolysis) is 1. The first-order valence-corrected chi connectivity index (χ1v) is 28.4. The van der Waals surface area contributed by atoms with Crippen molar-refractivity contribution in [3.63, 3.8) is 0 Å². The molecule has 1 unspecified atom stereocenters. The number of halogens is 3. The Labute approximate surface area is 487 Å². The molecule has 11 atom stereocenters. The number of carbonyl (C=O) groups excluding carboxylic acids is 5. The highest BCUT2D eigenvalue weighted by Crippen LogP contribution is 2.64. The van der Waals surface area contributed by atoms with Crippen molar-refractivity contribution >= 4 is 39.8 Å². The Morgan fingerprint density at radius 1 is 0.918 bits per heavy atom. The van der Waals surface area contributed by atoms with Gasteiger partial charge in [0.2, 0.25) is 10.0 Å². The van der Waals surface area contributed by atoms with Gasteiger partial charge < -0.3 is 54.2 Å². The summed E-state index contributed by atoms with van der Waals surface area (Å²) in [6.45, 7) is 11.8. The van der Waals surface area contributed by atoms with E-state index in [0.29, 0.717) is 16.8 Å². The van der Waals surface area contributed by atoms with Crippen LogP contribution in [0.3, 0.4) is 0 Å². The van der Waals surface area contributed by atoms with Crippen LogP contribution in [0.5, 0.6) is 5.75 Å². The van der Waals surface area contributed by atoms with Crippen molar-refractivity contribution in [2.75, 3.05) is 13.7 Å². The lowest BCUT2D eigenvalue weighted by molar-refractivity contribution is -0.346. The first-order chi connectivity index (χ1) is 39.7.